The van der Waals surface area contributed by atoms with Crippen molar-refractivity contribution in [3.63, 3.8) is 0 Å². The van der Waals surface area contributed by atoms with Gasteiger partial charge in [0.1, 0.15) is 5.75 Å². The maximum atomic E-state index is 10.6. The van der Waals surface area contributed by atoms with Gasteiger partial charge in [-0.05, 0) is 30.9 Å². The van der Waals surface area contributed by atoms with Gasteiger partial charge in [-0.2, -0.15) is 0 Å². The van der Waals surface area contributed by atoms with Crippen LogP contribution < -0.4 is 4.74 Å². The molecule has 1 N–H and O–H groups in total. The highest BCUT2D eigenvalue weighted by atomic mass is 16.5. The Morgan fingerprint density at radius 2 is 1.92 bits per heavy atom. The summed E-state index contributed by atoms with van der Waals surface area (Å²) in [5.74, 6) is 0.891. The molecule has 0 amide bonds. The molecule has 26 heavy (non-hydrogen) atoms. The predicted octanol–water partition coefficient (Wildman–Crippen LogP) is 3.28. The summed E-state index contributed by atoms with van der Waals surface area (Å²) < 4.78 is 11.3. The van der Waals surface area contributed by atoms with E-state index in [-0.39, 0.29) is 6.10 Å². The van der Waals surface area contributed by atoms with Gasteiger partial charge in [0.25, 0.3) is 0 Å². The van der Waals surface area contributed by atoms with E-state index >= 15 is 0 Å². The molecule has 0 spiro atoms. The highest BCUT2D eigenvalue weighted by molar-refractivity contribution is 5.33. The average Bonchev–Trinajstić information content (AvgIpc) is 3.16. The van der Waals surface area contributed by atoms with Gasteiger partial charge in [0.05, 0.1) is 19.3 Å². The second-order valence-electron chi connectivity index (χ2n) is 6.98. The lowest BCUT2D eigenvalue weighted by atomic mass is 10.1. The first kappa shape index (κ1) is 18.9. The zero-order valence-electron chi connectivity index (χ0n) is 15.5. The van der Waals surface area contributed by atoms with Gasteiger partial charge in [0.2, 0.25) is 0 Å². The van der Waals surface area contributed by atoms with Crippen LogP contribution in [0.1, 0.15) is 24.0 Å². The fourth-order valence-corrected chi connectivity index (χ4v) is 3.60. The van der Waals surface area contributed by atoms with Gasteiger partial charge >= 0.3 is 0 Å². The normalized spacial score (nSPS) is 18.2. The molecule has 2 aromatic rings. The maximum Gasteiger partial charge on any atom is 0.123 e. The van der Waals surface area contributed by atoms with E-state index in [2.05, 4.69) is 23.1 Å². The Labute approximate surface area is 156 Å². The SMILES string of the molecule is COc1ccccc1CN(C[C@@H](O)Cc1ccccc1)C[C@@H]1CCCO1. The lowest BCUT2D eigenvalue weighted by Crippen LogP contribution is -2.38. The van der Waals surface area contributed by atoms with E-state index in [0.29, 0.717) is 13.0 Å². The summed E-state index contributed by atoms with van der Waals surface area (Å²) in [4.78, 5) is 2.29. The molecule has 0 aromatic heterocycles. The number of rotatable bonds is 9. The minimum absolute atomic E-state index is 0.258. The van der Waals surface area contributed by atoms with Crippen LogP contribution in [-0.4, -0.2) is 49.0 Å². The molecule has 0 unspecified atom stereocenters. The second-order valence-corrected chi connectivity index (χ2v) is 6.98. The summed E-state index contributed by atoms with van der Waals surface area (Å²) in [5, 5.41) is 10.6. The van der Waals surface area contributed by atoms with Gasteiger partial charge in [-0.25, -0.2) is 0 Å². The Bertz CT molecular complexity index is 655. The number of aliphatic hydroxyl groups is 1. The molecular weight excluding hydrogens is 326 g/mol. The zero-order valence-corrected chi connectivity index (χ0v) is 15.5. The van der Waals surface area contributed by atoms with Crippen LogP contribution in [0.15, 0.2) is 54.6 Å². The Hall–Kier alpha value is -1.88. The molecule has 2 atom stereocenters. The van der Waals surface area contributed by atoms with Crippen molar-refractivity contribution in [2.75, 3.05) is 26.8 Å². The molecule has 0 radical (unpaired) electrons. The van der Waals surface area contributed by atoms with Crippen molar-refractivity contribution < 1.29 is 14.6 Å². The van der Waals surface area contributed by atoms with Gasteiger partial charge in [-0.15, -0.1) is 0 Å². The van der Waals surface area contributed by atoms with Crippen LogP contribution in [0.2, 0.25) is 0 Å². The molecule has 3 rings (SSSR count). The first-order valence-corrected chi connectivity index (χ1v) is 9.42. The molecule has 0 bridgehead atoms. The minimum Gasteiger partial charge on any atom is -0.496 e. The van der Waals surface area contributed by atoms with E-state index in [9.17, 15) is 5.11 Å². The Morgan fingerprint density at radius 1 is 1.15 bits per heavy atom. The van der Waals surface area contributed by atoms with E-state index in [1.165, 1.54) is 0 Å². The number of hydrogen-bond donors (Lipinski definition) is 1. The number of aliphatic hydroxyl groups excluding tert-OH is 1. The standard InChI is InChI=1S/C22H29NO3/c1-25-22-12-6-5-10-19(22)15-23(17-21-11-7-13-26-21)16-20(24)14-18-8-3-2-4-9-18/h2-6,8-10,12,20-21,24H,7,11,13-17H2,1H3/t20-,21-/m0/s1. The lowest BCUT2D eigenvalue weighted by molar-refractivity contribution is 0.0461. The van der Waals surface area contributed by atoms with Crippen LogP contribution in [0.25, 0.3) is 0 Å². The minimum atomic E-state index is -0.409. The first-order chi connectivity index (χ1) is 12.7. The monoisotopic (exact) mass is 355 g/mol. The fourth-order valence-electron chi connectivity index (χ4n) is 3.60. The highest BCUT2D eigenvalue weighted by Crippen LogP contribution is 2.21. The number of hydrogen-bond acceptors (Lipinski definition) is 4. The van der Waals surface area contributed by atoms with Crippen LogP contribution in [0.5, 0.6) is 5.75 Å². The molecule has 4 nitrogen and oxygen atoms in total. The predicted molar refractivity (Wildman–Crippen MR) is 103 cm³/mol. The molecule has 140 valence electrons. The van der Waals surface area contributed by atoms with Crippen LogP contribution >= 0.6 is 0 Å². The molecule has 0 saturated carbocycles. The van der Waals surface area contributed by atoms with Crippen molar-refractivity contribution in [3.05, 3.63) is 65.7 Å². The van der Waals surface area contributed by atoms with Crippen molar-refractivity contribution in [3.8, 4) is 5.75 Å². The van der Waals surface area contributed by atoms with Crippen LogP contribution in [0, 0.1) is 0 Å². The van der Waals surface area contributed by atoms with Gasteiger partial charge in [-0.1, -0.05) is 48.5 Å². The summed E-state index contributed by atoms with van der Waals surface area (Å²) >= 11 is 0. The topological polar surface area (TPSA) is 41.9 Å². The number of para-hydroxylation sites is 1. The van der Waals surface area contributed by atoms with E-state index < -0.39 is 6.10 Å². The average molecular weight is 355 g/mol. The maximum absolute atomic E-state index is 10.6. The van der Waals surface area contributed by atoms with Crippen LogP contribution in [0.4, 0.5) is 0 Å². The summed E-state index contributed by atoms with van der Waals surface area (Å²) in [5.41, 5.74) is 2.30. The van der Waals surface area contributed by atoms with Crippen LogP contribution in [-0.2, 0) is 17.7 Å². The Morgan fingerprint density at radius 3 is 2.65 bits per heavy atom. The quantitative estimate of drug-likeness (QED) is 0.750. The number of benzene rings is 2. The van der Waals surface area contributed by atoms with Gasteiger partial charge in [0.15, 0.2) is 0 Å². The molecule has 1 aliphatic rings. The Balaban J connectivity index is 1.66. The van der Waals surface area contributed by atoms with E-state index in [1.54, 1.807) is 7.11 Å². The third-order valence-corrected chi connectivity index (χ3v) is 4.86. The largest absolute Gasteiger partial charge is 0.496 e. The van der Waals surface area contributed by atoms with Gasteiger partial charge in [-0.3, -0.25) is 4.90 Å². The molecular formula is C22H29NO3. The highest BCUT2D eigenvalue weighted by Gasteiger charge is 2.22. The number of ether oxygens (including phenoxy) is 2. The molecule has 2 aromatic carbocycles. The van der Waals surface area contributed by atoms with Crippen molar-refractivity contribution in [2.24, 2.45) is 0 Å². The van der Waals surface area contributed by atoms with Crippen molar-refractivity contribution >= 4 is 0 Å². The van der Waals surface area contributed by atoms with Crippen LogP contribution in [0.3, 0.4) is 0 Å². The van der Waals surface area contributed by atoms with Crippen molar-refractivity contribution in [2.45, 2.75) is 38.0 Å². The second kappa shape index (κ2) is 9.72. The molecule has 1 heterocycles. The van der Waals surface area contributed by atoms with Gasteiger partial charge in [0, 0.05) is 31.8 Å². The summed E-state index contributed by atoms with van der Waals surface area (Å²) in [6, 6.07) is 18.2. The summed E-state index contributed by atoms with van der Waals surface area (Å²) in [6.07, 6.45) is 2.73. The van der Waals surface area contributed by atoms with Gasteiger partial charge < -0.3 is 14.6 Å². The van der Waals surface area contributed by atoms with Crippen molar-refractivity contribution in [1.82, 2.24) is 4.90 Å². The molecule has 1 aliphatic heterocycles. The molecule has 0 aliphatic carbocycles. The smallest absolute Gasteiger partial charge is 0.123 e. The fraction of sp³-hybridized carbons (Fsp3) is 0.455. The van der Waals surface area contributed by atoms with E-state index in [1.807, 2.05) is 36.4 Å². The summed E-state index contributed by atoms with van der Waals surface area (Å²) in [6.45, 7) is 3.05. The molecule has 1 fully saturated rings. The Kier molecular flexibility index (Phi) is 7.06. The van der Waals surface area contributed by atoms with E-state index in [0.717, 1.165) is 49.4 Å². The number of nitrogens with zero attached hydrogens (tertiary/aromatic N) is 1. The number of methoxy groups -OCH3 is 1. The zero-order chi connectivity index (χ0) is 18.2. The molecule has 1 saturated heterocycles. The molecule has 4 heteroatoms. The third-order valence-electron chi connectivity index (χ3n) is 4.86. The lowest BCUT2D eigenvalue weighted by Gasteiger charge is -2.28. The van der Waals surface area contributed by atoms with Crippen molar-refractivity contribution in [1.29, 1.82) is 0 Å². The third kappa shape index (κ3) is 5.56. The first-order valence-electron chi connectivity index (χ1n) is 9.42. The summed E-state index contributed by atoms with van der Waals surface area (Å²) in [7, 11) is 1.70. The van der Waals surface area contributed by atoms with E-state index in [4.69, 9.17) is 9.47 Å².